The van der Waals surface area contributed by atoms with Crippen molar-refractivity contribution < 1.29 is 27.5 Å². The topological polar surface area (TPSA) is 127 Å². The molecular formula is C8H8N2O7S. The summed E-state index contributed by atoms with van der Waals surface area (Å²) in [5.41, 5.74) is 0.504. The van der Waals surface area contributed by atoms with Crippen LogP contribution in [-0.4, -0.2) is 28.5 Å². The fraction of sp³-hybridized carbons (Fsp3) is 0.125. The number of nitro groups is 1. The second kappa shape index (κ2) is 5.42. The van der Waals surface area contributed by atoms with Gasteiger partial charge in [0.05, 0.1) is 0 Å². The van der Waals surface area contributed by atoms with Gasteiger partial charge >= 0.3 is 16.4 Å². The van der Waals surface area contributed by atoms with Gasteiger partial charge in [-0.05, 0) is 5.56 Å². The lowest BCUT2D eigenvalue weighted by Crippen LogP contribution is -2.41. The van der Waals surface area contributed by atoms with Crippen molar-refractivity contribution in [3.8, 4) is 0 Å². The van der Waals surface area contributed by atoms with Gasteiger partial charge in [0, 0.05) is 0 Å². The van der Waals surface area contributed by atoms with Gasteiger partial charge in [-0.15, -0.1) is 0 Å². The number of hydrogen-bond donors (Lipinski definition) is 1. The number of nitrogens with zero attached hydrogens (tertiary/aromatic N) is 2. The maximum absolute atomic E-state index is 11.1. The van der Waals surface area contributed by atoms with E-state index in [2.05, 4.69) is 4.74 Å². The Morgan fingerprint density at radius 1 is 1.39 bits per heavy atom. The van der Waals surface area contributed by atoms with Gasteiger partial charge in [0.15, 0.2) is 5.03 Å². The number of ether oxygens (including phenoxy) is 1. The molecule has 0 fully saturated rings. The average molecular weight is 276 g/mol. The summed E-state index contributed by atoms with van der Waals surface area (Å²) < 4.78 is 33.0. The normalized spacial score (nSPS) is 10.7. The molecule has 18 heavy (non-hydrogen) atoms. The SMILES string of the molecule is O=C(OCc1ccccc1)N([N+](=O)[O-])S(=O)(=O)O. The van der Waals surface area contributed by atoms with Crippen molar-refractivity contribution in [1.82, 2.24) is 4.41 Å². The van der Waals surface area contributed by atoms with Gasteiger partial charge < -0.3 is 4.74 Å². The van der Waals surface area contributed by atoms with Gasteiger partial charge in [-0.2, -0.15) is 8.42 Å². The molecule has 1 aromatic carbocycles. The highest BCUT2D eigenvalue weighted by Gasteiger charge is 2.39. The first-order valence-electron chi connectivity index (χ1n) is 4.45. The Hall–Kier alpha value is -2.20. The van der Waals surface area contributed by atoms with Crippen LogP contribution in [0.2, 0.25) is 0 Å². The smallest absolute Gasteiger partial charge is 0.440 e. The predicted molar refractivity (Wildman–Crippen MR) is 57.0 cm³/mol. The van der Waals surface area contributed by atoms with Crippen molar-refractivity contribution in [1.29, 1.82) is 0 Å². The zero-order valence-corrected chi connectivity index (χ0v) is 9.61. The lowest BCUT2D eigenvalue weighted by molar-refractivity contribution is -0.602. The fourth-order valence-electron chi connectivity index (χ4n) is 1.02. The summed E-state index contributed by atoms with van der Waals surface area (Å²) in [4.78, 5) is 21.4. The molecule has 0 heterocycles. The van der Waals surface area contributed by atoms with Crippen LogP contribution in [0.15, 0.2) is 30.3 Å². The van der Waals surface area contributed by atoms with Crippen LogP contribution in [0.5, 0.6) is 0 Å². The molecule has 0 aliphatic carbocycles. The van der Waals surface area contributed by atoms with Crippen molar-refractivity contribution in [2.45, 2.75) is 6.61 Å². The van der Waals surface area contributed by atoms with Crippen molar-refractivity contribution >= 4 is 16.4 Å². The van der Waals surface area contributed by atoms with Gasteiger partial charge in [0.25, 0.3) is 0 Å². The summed E-state index contributed by atoms with van der Waals surface area (Å²) in [5, 5.41) is 8.70. The van der Waals surface area contributed by atoms with Crippen molar-refractivity contribution in [3.05, 3.63) is 46.0 Å². The summed E-state index contributed by atoms with van der Waals surface area (Å²) in [6.45, 7) is -0.362. The summed E-state index contributed by atoms with van der Waals surface area (Å²) in [5.74, 6) is 0. The van der Waals surface area contributed by atoms with Gasteiger partial charge in [-0.1, -0.05) is 30.3 Å². The Morgan fingerprint density at radius 3 is 2.39 bits per heavy atom. The minimum Gasteiger partial charge on any atom is -0.440 e. The van der Waals surface area contributed by atoms with Crippen molar-refractivity contribution in [3.63, 3.8) is 0 Å². The minimum atomic E-state index is -5.31. The van der Waals surface area contributed by atoms with Crippen LogP contribution < -0.4 is 0 Å². The molecule has 1 amide bonds. The van der Waals surface area contributed by atoms with E-state index in [-0.39, 0.29) is 6.61 Å². The number of amides is 1. The third-order valence-corrected chi connectivity index (χ3v) is 2.45. The molecule has 1 aromatic rings. The monoisotopic (exact) mass is 276 g/mol. The Morgan fingerprint density at radius 2 is 1.94 bits per heavy atom. The molecule has 0 unspecified atom stereocenters. The number of hydrogen-bond acceptors (Lipinski definition) is 6. The third-order valence-electron chi connectivity index (χ3n) is 1.73. The molecular weight excluding hydrogens is 268 g/mol. The molecule has 0 saturated carbocycles. The second-order valence-corrected chi connectivity index (χ2v) is 4.24. The highest BCUT2D eigenvalue weighted by atomic mass is 32.2. The number of benzene rings is 1. The van der Waals surface area contributed by atoms with E-state index in [1.807, 2.05) is 0 Å². The quantitative estimate of drug-likeness (QED) is 0.485. The standard InChI is InChI=1S/C8H8N2O7S/c11-8(9(10(12)13)18(14,15)16)17-6-7-4-2-1-3-5-7/h1-5H,6H2,(H,14,15,16). The first-order valence-corrected chi connectivity index (χ1v) is 5.85. The van der Waals surface area contributed by atoms with E-state index in [1.165, 1.54) is 0 Å². The second-order valence-electron chi connectivity index (χ2n) is 3.00. The molecule has 98 valence electrons. The Bertz CT molecular complexity index is 542. The number of carbonyl (C=O) groups excluding carboxylic acids is 1. The van der Waals surface area contributed by atoms with Crippen LogP contribution in [0.4, 0.5) is 4.79 Å². The third kappa shape index (κ3) is 3.68. The number of hydrazine groups is 1. The molecule has 0 aliphatic heterocycles. The van der Waals surface area contributed by atoms with E-state index in [0.29, 0.717) is 5.56 Å². The van der Waals surface area contributed by atoms with E-state index in [9.17, 15) is 23.3 Å². The zero-order chi connectivity index (χ0) is 13.8. The van der Waals surface area contributed by atoms with Crippen LogP contribution in [-0.2, 0) is 21.6 Å². The van der Waals surface area contributed by atoms with Crippen molar-refractivity contribution in [2.24, 2.45) is 0 Å². The average Bonchev–Trinajstić information content (AvgIpc) is 2.25. The fourth-order valence-corrected chi connectivity index (χ4v) is 1.43. The molecule has 0 radical (unpaired) electrons. The van der Waals surface area contributed by atoms with E-state index < -0.39 is 25.8 Å². The molecule has 0 atom stereocenters. The Balaban J connectivity index is 2.73. The van der Waals surface area contributed by atoms with Crippen LogP contribution >= 0.6 is 0 Å². The van der Waals surface area contributed by atoms with Crippen molar-refractivity contribution in [2.75, 3.05) is 0 Å². The molecule has 1 N–H and O–H groups in total. The lowest BCUT2D eigenvalue weighted by Gasteiger charge is -2.08. The lowest BCUT2D eigenvalue weighted by atomic mass is 10.2. The molecule has 0 aliphatic rings. The van der Waals surface area contributed by atoms with Crippen LogP contribution in [0.1, 0.15) is 5.56 Å². The highest BCUT2D eigenvalue weighted by Crippen LogP contribution is 2.06. The van der Waals surface area contributed by atoms with E-state index in [1.54, 1.807) is 30.3 Å². The predicted octanol–water partition coefficient (Wildman–Crippen LogP) is 0.620. The summed E-state index contributed by atoms with van der Waals surface area (Å²) in [6, 6.07) is 8.11. The van der Waals surface area contributed by atoms with E-state index >= 15 is 0 Å². The zero-order valence-electron chi connectivity index (χ0n) is 8.79. The first-order chi connectivity index (χ1) is 8.32. The molecule has 1 rings (SSSR count). The molecule has 10 heteroatoms. The molecule has 9 nitrogen and oxygen atoms in total. The molecule has 0 saturated heterocycles. The van der Waals surface area contributed by atoms with E-state index in [4.69, 9.17) is 4.55 Å². The van der Waals surface area contributed by atoms with Gasteiger partial charge in [0.1, 0.15) is 11.0 Å². The molecule has 0 aromatic heterocycles. The largest absolute Gasteiger partial charge is 0.487 e. The van der Waals surface area contributed by atoms with Gasteiger partial charge in [0.2, 0.25) is 0 Å². The highest BCUT2D eigenvalue weighted by molar-refractivity contribution is 7.83. The van der Waals surface area contributed by atoms with Gasteiger partial charge in [-0.25, -0.2) is 14.9 Å². The van der Waals surface area contributed by atoms with Crippen LogP contribution in [0.25, 0.3) is 0 Å². The van der Waals surface area contributed by atoms with E-state index in [0.717, 1.165) is 0 Å². The Labute approximate surface area is 102 Å². The summed E-state index contributed by atoms with van der Waals surface area (Å²) in [7, 11) is -5.31. The summed E-state index contributed by atoms with van der Waals surface area (Å²) in [6.07, 6.45) is -1.80. The molecule has 0 spiro atoms. The van der Waals surface area contributed by atoms with Crippen LogP contribution in [0, 0.1) is 10.1 Å². The van der Waals surface area contributed by atoms with Crippen LogP contribution in [0.3, 0.4) is 0 Å². The summed E-state index contributed by atoms with van der Waals surface area (Å²) >= 11 is 0. The maximum atomic E-state index is 11.1. The minimum absolute atomic E-state index is 0.362. The maximum Gasteiger partial charge on any atom is 0.487 e. The Kier molecular flexibility index (Phi) is 4.18. The number of rotatable bonds is 4. The number of carbonyl (C=O) groups is 1. The first kappa shape index (κ1) is 13.9. The molecule has 0 bridgehead atoms. The van der Waals surface area contributed by atoms with Gasteiger partial charge in [-0.3, -0.25) is 4.55 Å².